The highest BCUT2D eigenvalue weighted by molar-refractivity contribution is 5.87. The van der Waals surface area contributed by atoms with Gasteiger partial charge in [-0.1, -0.05) is 0 Å². The minimum Gasteiger partial charge on any atom is -0.493 e. The smallest absolute Gasteiger partial charge is 0.316 e. The molecule has 0 spiro atoms. The van der Waals surface area contributed by atoms with E-state index in [9.17, 15) is 4.79 Å². The van der Waals surface area contributed by atoms with Crippen LogP contribution in [0.15, 0.2) is 12.1 Å². The number of benzene rings is 1. The maximum absolute atomic E-state index is 11.7. The van der Waals surface area contributed by atoms with E-state index in [1.54, 1.807) is 14.2 Å². The molecule has 1 aromatic carbocycles. The molecule has 0 bridgehead atoms. The largest absolute Gasteiger partial charge is 0.493 e. The van der Waals surface area contributed by atoms with Crippen molar-refractivity contribution in [3.05, 3.63) is 23.3 Å². The summed E-state index contributed by atoms with van der Waals surface area (Å²) < 4.78 is 15.3. The number of hydrogen-bond acceptors (Lipinski definition) is 4. The third-order valence-electron chi connectivity index (χ3n) is 3.38. The summed E-state index contributed by atoms with van der Waals surface area (Å²) in [6.45, 7) is 1.88. The van der Waals surface area contributed by atoms with Crippen molar-refractivity contribution in [1.82, 2.24) is 0 Å². The molecule has 0 saturated heterocycles. The van der Waals surface area contributed by atoms with Gasteiger partial charge in [0.2, 0.25) is 0 Å². The quantitative estimate of drug-likeness (QED) is 0.749. The predicted molar refractivity (Wildman–Crippen MR) is 62.6 cm³/mol. The normalized spacial score (nSPS) is 21.2. The summed E-state index contributed by atoms with van der Waals surface area (Å²) in [6, 6.07) is 3.77. The molecular weight excluding hydrogens is 220 g/mol. The first kappa shape index (κ1) is 11.8. The third-order valence-corrected chi connectivity index (χ3v) is 3.38. The summed E-state index contributed by atoms with van der Waals surface area (Å²) >= 11 is 0. The molecule has 4 nitrogen and oxygen atoms in total. The third kappa shape index (κ3) is 1.55. The van der Waals surface area contributed by atoms with Gasteiger partial charge >= 0.3 is 5.97 Å². The van der Waals surface area contributed by atoms with Gasteiger partial charge in [-0.3, -0.25) is 4.79 Å². The molecular formula is C13H16O4. The molecule has 2 rings (SSSR count). The van der Waals surface area contributed by atoms with Crippen LogP contribution in [0.25, 0.3) is 0 Å². The molecule has 1 aromatic rings. The van der Waals surface area contributed by atoms with Gasteiger partial charge in [0, 0.05) is 0 Å². The van der Waals surface area contributed by atoms with E-state index in [0.29, 0.717) is 17.9 Å². The lowest BCUT2D eigenvalue weighted by Gasteiger charge is -2.38. The number of ether oxygens (including phenoxy) is 3. The van der Waals surface area contributed by atoms with E-state index in [4.69, 9.17) is 14.2 Å². The highest BCUT2D eigenvalue weighted by atomic mass is 16.5. The van der Waals surface area contributed by atoms with Gasteiger partial charge in [-0.2, -0.15) is 0 Å². The molecule has 0 radical (unpaired) electrons. The van der Waals surface area contributed by atoms with Crippen LogP contribution in [0.1, 0.15) is 18.1 Å². The second-order valence-corrected chi connectivity index (χ2v) is 4.36. The first-order valence-electron chi connectivity index (χ1n) is 5.40. The first-order valence-corrected chi connectivity index (χ1v) is 5.40. The number of hydrogen-bond donors (Lipinski definition) is 0. The molecule has 1 unspecified atom stereocenters. The van der Waals surface area contributed by atoms with Crippen molar-refractivity contribution in [2.24, 2.45) is 0 Å². The lowest BCUT2D eigenvalue weighted by molar-refractivity contribution is -0.147. The molecule has 1 aliphatic carbocycles. The number of esters is 1. The summed E-state index contributed by atoms with van der Waals surface area (Å²) in [6.07, 6.45) is 0.676. The van der Waals surface area contributed by atoms with E-state index in [1.165, 1.54) is 7.11 Å². The van der Waals surface area contributed by atoms with Crippen molar-refractivity contribution in [1.29, 1.82) is 0 Å². The molecule has 1 aliphatic rings. The Bertz CT molecular complexity index is 467. The Morgan fingerprint density at radius 3 is 2.29 bits per heavy atom. The maximum Gasteiger partial charge on any atom is 0.316 e. The van der Waals surface area contributed by atoms with Crippen LogP contribution < -0.4 is 9.47 Å². The lowest BCUT2D eigenvalue weighted by Crippen LogP contribution is -2.44. The minimum absolute atomic E-state index is 0.211. The van der Waals surface area contributed by atoms with Crippen molar-refractivity contribution in [2.45, 2.75) is 18.8 Å². The number of fused-ring (bicyclic) bond motifs is 1. The summed E-state index contributed by atoms with van der Waals surface area (Å²) in [5, 5.41) is 0. The van der Waals surface area contributed by atoms with E-state index in [1.807, 2.05) is 19.1 Å². The van der Waals surface area contributed by atoms with E-state index < -0.39 is 5.41 Å². The average molecular weight is 236 g/mol. The van der Waals surface area contributed by atoms with Crippen molar-refractivity contribution in [2.75, 3.05) is 21.3 Å². The fourth-order valence-electron chi connectivity index (χ4n) is 2.36. The molecule has 0 aliphatic heterocycles. The minimum atomic E-state index is -0.552. The van der Waals surface area contributed by atoms with Crippen LogP contribution in [0.4, 0.5) is 0 Å². The van der Waals surface area contributed by atoms with Gasteiger partial charge < -0.3 is 14.2 Å². The monoisotopic (exact) mass is 236 g/mol. The fraction of sp³-hybridized carbons (Fsp3) is 0.462. The van der Waals surface area contributed by atoms with Gasteiger partial charge in [0.1, 0.15) is 0 Å². The molecule has 0 amide bonds. The summed E-state index contributed by atoms with van der Waals surface area (Å²) in [4.78, 5) is 11.7. The van der Waals surface area contributed by atoms with Crippen molar-refractivity contribution < 1.29 is 19.0 Å². The van der Waals surface area contributed by atoms with Crippen molar-refractivity contribution >= 4 is 5.97 Å². The van der Waals surface area contributed by atoms with E-state index in [-0.39, 0.29) is 5.97 Å². The Morgan fingerprint density at radius 1 is 1.18 bits per heavy atom. The lowest BCUT2D eigenvalue weighted by atomic mass is 9.65. The maximum atomic E-state index is 11.7. The summed E-state index contributed by atoms with van der Waals surface area (Å²) in [5.74, 6) is 1.12. The van der Waals surface area contributed by atoms with Crippen LogP contribution in [0.3, 0.4) is 0 Å². The van der Waals surface area contributed by atoms with Crippen molar-refractivity contribution in [3.63, 3.8) is 0 Å². The Balaban J connectivity index is 2.45. The summed E-state index contributed by atoms with van der Waals surface area (Å²) in [7, 11) is 4.59. The van der Waals surface area contributed by atoms with E-state index in [2.05, 4.69) is 0 Å². The van der Waals surface area contributed by atoms with Crippen LogP contribution in [0, 0.1) is 0 Å². The zero-order chi connectivity index (χ0) is 12.6. The van der Waals surface area contributed by atoms with Gasteiger partial charge in [-0.25, -0.2) is 0 Å². The Morgan fingerprint density at radius 2 is 1.76 bits per heavy atom. The fourth-order valence-corrected chi connectivity index (χ4v) is 2.36. The Hall–Kier alpha value is -1.71. The zero-order valence-electron chi connectivity index (χ0n) is 10.5. The van der Waals surface area contributed by atoms with Gasteiger partial charge in [0.05, 0.1) is 26.7 Å². The SMILES string of the molecule is COC(=O)C1(C)Cc2cc(OC)c(OC)cc21. The molecule has 4 heteroatoms. The van der Waals surface area contributed by atoms with Crippen LogP contribution >= 0.6 is 0 Å². The molecule has 17 heavy (non-hydrogen) atoms. The number of methoxy groups -OCH3 is 3. The van der Waals surface area contributed by atoms with Gasteiger partial charge in [0.15, 0.2) is 11.5 Å². The molecule has 0 saturated carbocycles. The van der Waals surface area contributed by atoms with Gasteiger partial charge in [-0.05, 0) is 36.6 Å². The highest BCUT2D eigenvalue weighted by Gasteiger charge is 2.46. The standard InChI is InChI=1S/C13H16O4/c1-13(12(14)17-4)7-8-5-10(15-2)11(16-3)6-9(8)13/h5-6H,7H2,1-4H3. The van der Waals surface area contributed by atoms with Crippen LogP contribution in [-0.2, 0) is 21.4 Å². The number of carbonyl (C=O) groups excluding carboxylic acids is 1. The van der Waals surface area contributed by atoms with E-state index >= 15 is 0 Å². The zero-order valence-corrected chi connectivity index (χ0v) is 10.5. The van der Waals surface area contributed by atoms with Gasteiger partial charge in [0.25, 0.3) is 0 Å². The number of carbonyl (C=O) groups is 1. The van der Waals surface area contributed by atoms with E-state index in [0.717, 1.165) is 11.1 Å². The topological polar surface area (TPSA) is 44.8 Å². The van der Waals surface area contributed by atoms with Crippen LogP contribution in [-0.4, -0.2) is 27.3 Å². The molecule has 92 valence electrons. The van der Waals surface area contributed by atoms with Crippen LogP contribution in [0.2, 0.25) is 0 Å². The Kier molecular flexibility index (Phi) is 2.73. The summed E-state index contributed by atoms with van der Waals surface area (Å²) in [5.41, 5.74) is 1.52. The van der Waals surface area contributed by atoms with Crippen molar-refractivity contribution in [3.8, 4) is 11.5 Å². The highest BCUT2D eigenvalue weighted by Crippen LogP contribution is 2.46. The second kappa shape index (κ2) is 3.95. The second-order valence-electron chi connectivity index (χ2n) is 4.36. The molecule has 0 heterocycles. The molecule has 1 atom stereocenters. The number of rotatable bonds is 3. The average Bonchev–Trinajstić information content (AvgIpc) is 2.35. The van der Waals surface area contributed by atoms with Gasteiger partial charge in [-0.15, -0.1) is 0 Å². The first-order chi connectivity index (χ1) is 8.06. The predicted octanol–water partition coefficient (Wildman–Crippen LogP) is 1.69. The molecule has 0 fully saturated rings. The Labute approximate surface area is 100 Å². The van der Waals surface area contributed by atoms with Crippen LogP contribution in [0.5, 0.6) is 11.5 Å². The molecule has 0 aromatic heterocycles. The molecule has 0 N–H and O–H groups in total.